The maximum Gasteiger partial charge on any atom is 0.0150 e. The van der Waals surface area contributed by atoms with Crippen molar-refractivity contribution >= 4 is 11.1 Å². The van der Waals surface area contributed by atoms with E-state index in [-0.39, 0.29) is 0 Å². The fourth-order valence-electron chi connectivity index (χ4n) is 5.53. The average molecular weight is 562 g/mol. The van der Waals surface area contributed by atoms with Crippen molar-refractivity contribution in [3.05, 3.63) is 180 Å². The highest BCUT2D eigenvalue weighted by Crippen LogP contribution is 2.28. The lowest BCUT2D eigenvalue weighted by Crippen LogP contribution is -2.07. The third-order valence-corrected chi connectivity index (χ3v) is 8.11. The molecule has 0 heterocycles. The van der Waals surface area contributed by atoms with Crippen LogP contribution in [0.25, 0.3) is 22.3 Å². The van der Waals surface area contributed by atoms with Gasteiger partial charge >= 0.3 is 0 Å². The van der Waals surface area contributed by atoms with Gasteiger partial charge in [0.1, 0.15) is 0 Å². The molecule has 0 saturated heterocycles. The van der Waals surface area contributed by atoms with Gasteiger partial charge in [0.05, 0.1) is 0 Å². The number of unbranched alkanes of at least 4 members (excludes halogenated alkanes) is 1. The van der Waals surface area contributed by atoms with E-state index in [0.29, 0.717) is 0 Å². The van der Waals surface area contributed by atoms with E-state index < -0.39 is 0 Å². The standard InChI is InChI=1S/C42H43N/c1-34(14-11-12-17-35-15-5-2-6-16-35)23-24-38(36-18-7-3-8-19-36)22-13-33-43-42-31-29-41(30-32-42)40-27-25-39(26-28-40)37-20-9-4-10-21-37/h2-10,13-16,18-22,25-29,31,33,43H,11-12,17,23-24,30,32H2,1H3/b33-13+,34-14-,38-22+. The summed E-state index contributed by atoms with van der Waals surface area (Å²) >= 11 is 0. The highest BCUT2D eigenvalue weighted by molar-refractivity contribution is 5.72. The van der Waals surface area contributed by atoms with Gasteiger partial charge in [-0.15, -0.1) is 0 Å². The second-order valence-electron chi connectivity index (χ2n) is 11.3. The lowest BCUT2D eigenvalue weighted by Gasteiger charge is -2.15. The van der Waals surface area contributed by atoms with Gasteiger partial charge in [-0.2, -0.15) is 0 Å². The molecule has 1 nitrogen and oxygen atoms in total. The van der Waals surface area contributed by atoms with E-state index in [0.717, 1.165) is 38.5 Å². The van der Waals surface area contributed by atoms with Gasteiger partial charge in [-0.25, -0.2) is 0 Å². The summed E-state index contributed by atoms with van der Waals surface area (Å²) in [6, 6.07) is 41.1. The Morgan fingerprint density at radius 1 is 0.674 bits per heavy atom. The van der Waals surface area contributed by atoms with Gasteiger partial charge in [0, 0.05) is 11.9 Å². The van der Waals surface area contributed by atoms with Crippen LogP contribution in [0, 0.1) is 0 Å². The Kier molecular flexibility index (Phi) is 11.2. The molecular weight excluding hydrogens is 518 g/mol. The Labute approximate surface area is 258 Å². The van der Waals surface area contributed by atoms with Gasteiger partial charge in [-0.05, 0) is 103 Å². The molecule has 0 aliphatic heterocycles. The van der Waals surface area contributed by atoms with Gasteiger partial charge in [0.2, 0.25) is 0 Å². The second-order valence-corrected chi connectivity index (χ2v) is 11.3. The highest BCUT2D eigenvalue weighted by atomic mass is 14.8. The van der Waals surface area contributed by atoms with E-state index in [1.54, 1.807) is 0 Å². The zero-order chi connectivity index (χ0) is 29.5. The summed E-state index contributed by atoms with van der Waals surface area (Å²) in [6.07, 6.45) is 21.1. The lowest BCUT2D eigenvalue weighted by molar-refractivity contribution is 0.830. The van der Waals surface area contributed by atoms with Crippen LogP contribution in [0.1, 0.15) is 62.1 Å². The molecule has 43 heavy (non-hydrogen) atoms. The van der Waals surface area contributed by atoms with E-state index in [9.17, 15) is 0 Å². The third kappa shape index (κ3) is 9.45. The van der Waals surface area contributed by atoms with E-state index in [2.05, 4.69) is 164 Å². The summed E-state index contributed by atoms with van der Waals surface area (Å²) in [5.74, 6) is 0. The first kappa shape index (κ1) is 29.9. The summed E-state index contributed by atoms with van der Waals surface area (Å²) in [5.41, 5.74) is 12.0. The van der Waals surface area contributed by atoms with Gasteiger partial charge in [-0.1, -0.05) is 139 Å². The number of rotatable bonds is 13. The molecular formula is C42H43N. The monoisotopic (exact) mass is 561 g/mol. The fourth-order valence-corrected chi connectivity index (χ4v) is 5.53. The van der Waals surface area contributed by atoms with Gasteiger partial charge in [0.15, 0.2) is 0 Å². The molecule has 0 radical (unpaired) electrons. The summed E-state index contributed by atoms with van der Waals surface area (Å²) in [5, 5.41) is 3.52. The summed E-state index contributed by atoms with van der Waals surface area (Å²) in [6.45, 7) is 2.28. The third-order valence-electron chi connectivity index (χ3n) is 8.11. The highest BCUT2D eigenvalue weighted by Gasteiger charge is 2.08. The van der Waals surface area contributed by atoms with E-state index in [1.165, 1.54) is 56.7 Å². The maximum absolute atomic E-state index is 3.52. The average Bonchev–Trinajstić information content (AvgIpc) is 3.08. The number of aryl methyl sites for hydroxylation is 1. The number of benzene rings is 4. The molecule has 0 saturated carbocycles. The molecule has 1 aliphatic carbocycles. The topological polar surface area (TPSA) is 12.0 Å². The summed E-state index contributed by atoms with van der Waals surface area (Å²) in [7, 11) is 0. The normalized spacial score (nSPS) is 14.0. The zero-order valence-electron chi connectivity index (χ0n) is 25.4. The molecule has 0 spiro atoms. The van der Waals surface area contributed by atoms with Crippen molar-refractivity contribution in [1.29, 1.82) is 0 Å². The molecule has 0 bridgehead atoms. The molecule has 0 unspecified atom stereocenters. The number of allylic oxidation sites excluding steroid dienone is 9. The van der Waals surface area contributed by atoms with Gasteiger partial charge in [-0.3, -0.25) is 0 Å². The van der Waals surface area contributed by atoms with Crippen molar-refractivity contribution in [3.8, 4) is 11.1 Å². The van der Waals surface area contributed by atoms with E-state index in [1.807, 2.05) is 0 Å². The van der Waals surface area contributed by atoms with Crippen LogP contribution in [0.2, 0.25) is 0 Å². The van der Waals surface area contributed by atoms with Crippen molar-refractivity contribution in [1.82, 2.24) is 5.32 Å². The quantitative estimate of drug-likeness (QED) is 0.0972. The number of nitrogens with one attached hydrogen (secondary N) is 1. The van der Waals surface area contributed by atoms with E-state index >= 15 is 0 Å². The van der Waals surface area contributed by atoms with Crippen LogP contribution in [-0.2, 0) is 6.42 Å². The molecule has 4 aromatic carbocycles. The molecule has 216 valence electrons. The Balaban J connectivity index is 1.14. The lowest BCUT2D eigenvalue weighted by atomic mass is 9.94. The van der Waals surface area contributed by atoms with Crippen LogP contribution in [-0.4, -0.2) is 0 Å². The predicted molar refractivity (Wildman–Crippen MR) is 186 cm³/mol. The first-order valence-corrected chi connectivity index (χ1v) is 15.7. The van der Waals surface area contributed by atoms with E-state index in [4.69, 9.17) is 0 Å². The van der Waals surface area contributed by atoms with Crippen LogP contribution >= 0.6 is 0 Å². The molecule has 0 amide bonds. The molecule has 1 heteroatoms. The Bertz CT molecular complexity index is 1570. The van der Waals surface area contributed by atoms with Crippen molar-refractivity contribution in [3.63, 3.8) is 0 Å². The van der Waals surface area contributed by atoms with Gasteiger partial charge in [0.25, 0.3) is 0 Å². The molecule has 1 aliphatic rings. The summed E-state index contributed by atoms with van der Waals surface area (Å²) < 4.78 is 0. The molecule has 0 fully saturated rings. The maximum atomic E-state index is 3.52. The smallest absolute Gasteiger partial charge is 0.0150 e. The minimum Gasteiger partial charge on any atom is -0.365 e. The minimum atomic E-state index is 1.01. The molecule has 0 atom stereocenters. The van der Waals surface area contributed by atoms with Crippen molar-refractivity contribution < 1.29 is 0 Å². The fraction of sp³-hybridized carbons (Fsp3) is 0.190. The largest absolute Gasteiger partial charge is 0.365 e. The second kappa shape index (κ2) is 16.1. The Morgan fingerprint density at radius 2 is 1.33 bits per heavy atom. The molecule has 5 rings (SSSR count). The Hall–Kier alpha value is -4.62. The number of hydrogen-bond donors (Lipinski definition) is 1. The van der Waals surface area contributed by atoms with Crippen LogP contribution in [0.15, 0.2) is 163 Å². The van der Waals surface area contributed by atoms with Crippen LogP contribution < -0.4 is 5.32 Å². The van der Waals surface area contributed by atoms with Crippen molar-refractivity contribution in [2.24, 2.45) is 0 Å². The number of hydrogen-bond acceptors (Lipinski definition) is 1. The molecule has 1 N–H and O–H groups in total. The molecule has 4 aromatic rings. The minimum absolute atomic E-state index is 1.01. The SMILES string of the molecule is C/C(=C/CCCc1ccccc1)CC/C(=C\C=C\NC1=CC=C(c2ccc(-c3ccccc3)cc2)CC1)c1ccccc1. The van der Waals surface area contributed by atoms with Crippen LogP contribution in [0.4, 0.5) is 0 Å². The first-order chi connectivity index (χ1) is 21.2. The van der Waals surface area contributed by atoms with Crippen LogP contribution in [0.3, 0.4) is 0 Å². The van der Waals surface area contributed by atoms with Gasteiger partial charge < -0.3 is 5.32 Å². The Morgan fingerprint density at radius 3 is 2.02 bits per heavy atom. The molecule has 0 aromatic heterocycles. The zero-order valence-corrected chi connectivity index (χ0v) is 25.4. The van der Waals surface area contributed by atoms with Crippen LogP contribution in [0.5, 0.6) is 0 Å². The van der Waals surface area contributed by atoms with Crippen molar-refractivity contribution in [2.45, 2.75) is 51.9 Å². The predicted octanol–water partition coefficient (Wildman–Crippen LogP) is 11.4. The summed E-state index contributed by atoms with van der Waals surface area (Å²) in [4.78, 5) is 0. The van der Waals surface area contributed by atoms with Crippen molar-refractivity contribution in [2.75, 3.05) is 0 Å². The first-order valence-electron chi connectivity index (χ1n) is 15.7.